The fourth-order valence-corrected chi connectivity index (χ4v) is 3.58. The van der Waals surface area contributed by atoms with Crippen molar-refractivity contribution in [3.8, 4) is 5.75 Å². The molecule has 21 heavy (non-hydrogen) atoms. The lowest BCUT2D eigenvalue weighted by molar-refractivity contribution is 0.340. The fraction of sp³-hybridized carbons (Fsp3) is 0.154. The Morgan fingerprint density at radius 3 is 2.67 bits per heavy atom. The molecule has 1 aromatic heterocycles. The summed E-state index contributed by atoms with van der Waals surface area (Å²) in [5.74, 6) is 0.628. The van der Waals surface area contributed by atoms with Crippen LogP contribution in [-0.2, 0) is 10.0 Å². The highest BCUT2D eigenvalue weighted by Crippen LogP contribution is 2.18. The van der Waals surface area contributed by atoms with Crippen LogP contribution < -0.4 is 9.57 Å². The van der Waals surface area contributed by atoms with Gasteiger partial charge in [0.1, 0.15) is 5.75 Å². The van der Waals surface area contributed by atoms with Crippen LogP contribution in [0.25, 0.3) is 0 Å². The number of nitrogens with zero attached hydrogens (tertiary/aromatic N) is 1. The van der Waals surface area contributed by atoms with Crippen molar-refractivity contribution in [3.05, 3.63) is 45.1 Å². The molecule has 0 bridgehead atoms. The zero-order valence-electron chi connectivity index (χ0n) is 11.1. The van der Waals surface area contributed by atoms with Crippen LogP contribution in [0, 0.1) is 0 Å². The van der Waals surface area contributed by atoms with Crippen LogP contribution in [0.5, 0.6) is 5.75 Å². The molecule has 0 fully saturated rings. The maximum absolute atomic E-state index is 12.0. The predicted molar refractivity (Wildman–Crippen MR) is 87.5 cm³/mol. The van der Waals surface area contributed by atoms with E-state index in [0.29, 0.717) is 12.4 Å². The first-order chi connectivity index (χ1) is 10.0. The number of halogens is 1. The summed E-state index contributed by atoms with van der Waals surface area (Å²) in [4.78, 5) is 3.16. The Labute approximate surface area is 135 Å². The summed E-state index contributed by atoms with van der Waals surface area (Å²) in [7, 11) is -3.67. The van der Waals surface area contributed by atoms with Crippen molar-refractivity contribution in [3.63, 3.8) is 0 Å². The van der Waals surface area contributed by atoms with E-state index in [4.69, 9.17) is 4.74 Å². The van der Waals surface area contributed by atoms with E-state index in [1.807, 2.05) is 18.4 Å². The highest BCUT2D eigenvalue weighted by Gasteiger charge is 2.12. The molecule has 0 aliphatic rings. The van der Waals surface area contributed by atoms with Gasteiger partial charge in [-0.05, 0) is 53.2 Å². The van der Waals surface area contributed by atoms with Gasteiger partial charge >= 0.3 is 0 Å². The van der Waals surface area contributed by atoms with E-state index in [1.54, 1.807) is 12.1 Å². The van der Waals surface area contributed by atoms with Gasteiger partial charge < -0.3 is 4.74 Å². The third-order valence-electron chi connectivity index (χ3n) is 2.40. The van der Waals surface area contributed by atoms with Gasteiger partial charge in [-0.25, -0.2) is 4.83 Å². The van der Waals surface area contributed by atoms with E-state index in [-0.39, 0.29) is 4.90 Å². The van der Waals surface area contributed by atoms with Gasteiger partial charge in [0.15, 0.2) is 0 Å². The molecule has 112 valence electrons. The van der Waals surface area contributed by atoms with Crippen LogP contribution >= 0.6 is 27.3 Å². The molecule has 0 saturated heterocycles. The molecule has 0 unspecified atom stereocenters. The largest absolute Gasteiger partial charge is 0.494 e. The molecule has 2 aromatic rings. The topological polar surface area (TPSA) is 67.8 Å². The first-order valence-corrected chi connectivity index (χ1v) is 9.18. The number of nitrogens with one attached hydrogen (secondary N) is 1. The van der Waals surface area contributed by atoms with E-state index < -0.39 is 10.0 Å². The van der Waals surface area contributed by atoms with E-state index in [0.717, 1.165) is 9.35 Å². The molecular weight excluding hydrogens is 376 g/mol. The molecule has 0 amide bonds. The number of thiophene rings is 1. The summed E-state index contributed by atoms with van der Waals surface area (Å²) in [6, 6.07) is 8.02. The SMILES string of the molecule is CCOc1ccc(S(=O)(=O)N/N=C\c2cc(Br)cs2)cc1. The maximum atomic E-state index is 12.0. The Balaban J connectivity index is 2.05. The van der Waals surface area contributed by atoms with Crippen molar-refractivity contribution in [1.82, 2.24) is 4.83 Å². The molecular formula is C13H13BrN2O3S2. The molecule has 0 radical (unpaired) electrons. The number of hydrogen-bond acceptors (Lipinski definition) is 5. The summed E-state index contributed by atoms with van der Waals surface area (Å²) < 4.78 is 30.3. The van der Waals surface area contributed by atoms with Crippen molar-refractivity contribution in [1.29, 1.82) is 0 Å². The van der Waals surface area contributed by atoms with E-state index in [1.165, 1.54) is 29.7 Å². The van der Waals surface area contributed by atoms with Gasteiger partial charge in [-0.3, -0.25) is 0 Å². The Morgan fingerprint density at radius 2 is 2.10 bits per heavy atom. The molecule has 0 aliphatic carbocycles. The molecule has 0 saturated carbocycles. The van der Waals surface area contributed by atoms with Crippen LogP contribution in [0.15, 0.2) is 50.2 Å². The zero-order chi connectivity index (χ0) is 15.3. The highest BCUT2D eigenvalue weighted by molar-refractivity contribution is 9.10. The summed E-state index contributed by atoms with van der Waals surface area (Å²) in [6.07, 6.45) is 1.46. The zero-order valence-corrected chi connectivity index (χ0v) is 14.3. The molecule has 1 N–H and O–H groups in total. The summed E-state index contributed by atoms with van der Waals surface area (Å²) in [5.41, 5.74) is 0. The number of rotatable bonds is 6. The van der Waals surface area contributed by atoms with Crippen molar-refractivity contribution < 1.29 is 13.2 Å². The quantitative estimate of drug-likeness (QED) is 0.609. The molecule has 1 heterocycles. The average molecular weight is 389 g/mol. The molecule has 0 spiro atoms. The second-order valence-electron chi connectivity index (χ2n) is 3.92. The Bertz CT molecular complexity index is 724. The molecule has 1 aromatic carbocycles. The Kier molecular flexibility index (Phi) is 5.38. The molecule has 0 atom stereocenters. The number of ether oxygens (including phenoxy) is 1. The van der Waals surface area contributed by atoms with Gasteiger partial charge in [0.2, 0.25) is 0 Å². The minimum absolute atomic E-state index is 0.135. The second-order valence-corrected chi connectivity index (χ2v) is 7.44. The van der Waals surface area contributed by atoms with Gasteiger partial charge in [-0.2, -0.15) is 13.5 Å². The van der Waals surface area contributed by atoms with Crippen molar-refractivity contribution in [2.75, 3.05) is 6.61 Å². The minimum atomic E-state index is -3.67. The summed E-state index contributed by atoms with van der Waals surface area (Å²) >= 11 is 4.77. The van der Waals surface area contributed by atoms with Gasteiger partial charge in [-0.15, -0.1) is 11.3 Å². The third-order valence-corrected chi connectivity index (χ3v) is 5.26. The second kappa shape index (κ2) is 7.06. The van der Waals surface area contributed by atoms with Crippen LogP contribution in [0.2, 0.25) is 0 Å². The van der Waals surface area contributed by atoms with Crippen LogP contribution in [-0.4, -0.2) is 21.2 Å². The lowest BCUT2D eigenvalue weighted by atomic mass is 10.3. The summed E-state index contributed by atoms with van der Waals surface area (Å²) in [5, 5.41) is 5.65. The first kappa shape index (κ1) is 16.0. The number of sulfonamides is 1. The molecule has 8 heteroatoms. The van der Waals surface area contributed by atoms with Gasteiger partial charge in [0.05, 0.1) is 17.7 Å². The van der Waals surface area contributed by atoms with E-state index >= 15 is 0 Å². The van der Waals surface area contributed by atoms with Crippen molar-refractivity contribution in [2.45, 2.75) is 11.8 Å². The van der Waals surface area contributed by atoms with E-state index in [9.17, 15) is 8.42 Å². The smallest absolute Gasteiger partial charge is 0.276 e. The van der Waals surface area contributed by atoms with Gasteiger partial charge in [-0.1, -0.05) is 0 Å². The lowest BCUT2D eigenvalue weighted by Crippen LogP contribution is -2.18. The Morgan fingerprint density at radius 1 is 1.38 bits per heavy atom. The third kappa shape index (κ3) is 4.55. The van der Waals surface area contributed by atoms with Crippen LogP contribution in [0.1, 0.15) is 11.8 Å². The fourth-order valence-electron chi connectivity index (χ4n) is 1.49. The maximum Gasteiger partial charge on any atom is 0.276 e. The average Bonchev–Trinajstić information content (AvgIpc) is 2.85. The molecule has 2 rings (SSSR count). The minimum Gasteiger partial charge on any atom is -0.494 e. The summed E-state index contributed by atoms with van der Waals surface area (Å²) in [6.45, 7) is 2.40. The van der Waals surface area contributed by atoms with E-state index in [2.05, 4.69) is 25.9 Å². The Hall–Kier alpha value is -1.38. The van der Waals surface area contributed by atoms with Crippen LogP contribution in [0.4, 0.5) is 0 Å². The highest BCUT2D eigenvalue weighted by atomic mass is 79.9. The molecule has 0 aliphatic heterocycles. The van der Waals surface area contributed by atoms with Crippen molar-refractivity contribution in [2.24, 2.45) is 5.10 Å². The lowest BCUT2D eigenvalue weighted by Gasteiger charge is -2.05. The number of hydrogen-bond donors (Lipinski definition) is 1. The van der Waals surface area contributed by atoms with Crippen LogP contribution in [0.3, 0.4) is 0 Å². The normalized spacial score (nSPS) is 11.7. The standard InChI is InChI=1S/C13H13BrN2O3S2/c1-2-19-11-3-5-13(6-4-11)21(17,18)16-15-8-12-7-10(14)9-20-12/h3-9,16H,2H2,1H3/b15-8-. The first-order valence-electron chi connectivity index (χ1n) is 6.03. The van der Waals surface area contributed by atoms with Gasteiger partial charge in [0, 0.05) is 14.7 Å². The monoisotopic (exact) mass is 388 g/mol. The number of hydrazone groups is 1. The number of benzene rings is 1. The molecule has 5 nitrogen and oxygen atoms in total. The van der Waals surface area contributed by atoms with Crippen molar-refractivity contribution >= 4 is 43.5 Å². The van der Waals surface area contributed by atoms with Gasteiger partial charge in [0.25, 0.3) is 10.0 Å². The predicted octanol–water partition coefficient (Wildman–Crippen LogP) is 3.22.